The van der Waals surface area contributed by atoms with Crippen molar-refractivity contribution in [2.75, 3.05) is 6.26 Å². The number of benzene rings is 2. The van der Waals surface area contributed by atoms with Crippen molar-refractivity contribution in [3.8, 4) is 16.8 Å². The third-order valence-electron chi connectivity index (χ3n) is 4.68. The molecule has 0 fully saturated rings. The molecule has 0 bridgehead atoms. The molecule has 0 spiro atoms. The molecule has 30 heavy (non-hydrogen) atoms. The van der Waals surface area contributed by atoms with Gasteiger partial charge in [-0.15, -0.1) is 0 Å². The van der Waals surface area contributed by atoms with Gasteiger partial charge in [-0.3, -0.25) is 0 Å². The van der Waals surface area contributed by atoms with Crippen LogP contribution in [0, 0.1) is 5.92 Å². The number of rotatable bonds is 7. The monoisotopic (exact) mass is 428 g/mol. The van der Waals surface area contributed by atoms with Crippen LogP contribution in [0.2, 0.25) is 0 Å². The molecule has 0 amide bonds. The number of hydrogen-bond acceptors (Lipinski definition) is 5. The fourth-order valence-electron chi connectivity index (χ4n) is 3.23. The third-order valence-corrected chi connectivity index (χ3v) is 5.80. The molecule has 1 aromatic heterocycles. The second-order valence-corrected chi connectivity index (χ2v) is 9.61. The topological polar surface area (TPSA) is 109 Å². The quantitative estimate of drug-likeness (QED) is 0.597. The number of carboxylic acid groups (broad SMARTS) is 1. The molecule has 1 heterocycles. The summed E-state index contributed by atoms with van der Waals surface area (Å²) >= 11 is 0. The maximum atomic E-state index is 12.6. The van der Waals surface area contributed by atoms with E-state index in [2.05, 4.69) is 4.98 Å². The third kappa shape index (κ3) is 4.60. The Morgan fingerprint density at radius 2 is 1.73 bits per heavy atom. The lowest BCUT2D eigenvalue weighted by Crippen LogP contribution is -2.09. The summed E-state index contributed by atoms with van der Waals surface area (Å²) in [5, 5.41) is 18.6. The molecule has 7 nitrogen and oxygen atoms in total. The van der Waals surface area contributed by atoms with Gasteiger partial charge in [0, 0.05) is 18.9 Å². The van der Waals surface area contributed by atoms with E-state index in [-0.39, 0.29) is 23.1 Å². The Hall–Kier alpha value is -2.97. The maximum Gasteiger partial charge on any atom is 0.356 e. The Labute approximate surface area is 175 Å². The van der Waals surface area contributed by atoms with Crippen LogP contribution in [0.5, 0.6) is 0 Å². The summed E-state index contributed by atoms with van der Waals surface area (Å²) in [7, 11) is -3.62. The second kappa shape index (κ2) is 8.41. The van der Waals surface area contributed by atoms with Gasteiger partial charge in [0.25, 0.3) is 0 Å². The number of imidazole rings is 1. The SMILES string of the molecule is CC(C)Cc1nc(C(=O)O)cn1-c1ccc(-c2ccc(CO)cc2)cc1S(C)(=O)=O. The Kier molecular flexibility index (Phi) is 6.09. The van der Waals surface area contributed by atoms with Crippen LogP contribution in [0.4, 0.5) is 0 Å². The van der Waals surface area contributed by atoms with E-state index in [0.29, 0.717) is 23.5 Å². The molecular formula is C22H24N2O5S. The molecule has 0 radical (unpaired) electrons. The van der Waals surface area contributed by atoms with E-state index in [9.17, 15) is 23.4 Å². The van der Waals surface area contributed by atoms with E-state index in [1.807, 2.05) is 26.0 Å². The molecule has 3 rings (SSSR count). The highest BCUT2D eigenvalue weighted by molar-refractivity contribution is 7.90. The minimum atomic E-state index is -3.62. The minimum absolute atomic E-state index is 0.0705. The van der Waals surface area contributed by atoms with Crippen LogP contribution in [0.25, 0.3) is 16.8 Å². The number of aromatic carboxylic acids is 1. The number of carbonyl (C=O) groups is 1. The van der Waals surface area contributed by atoms with Gasteiger partial charge in [0.05, 0.1) is 17.2 Å². The van der Waals surface area contributed by atoms with E-state index >= 15 is 0 Å². The summed E-state index contributed by atoms with van der Waals surface area (Å²) in [6, 6.07) is 12.2. The fourth-order valence-corrected chi connectivity index (χ4v) is 4.12. The first-order valence-electron chi connectivity index (χ1n) is 9.46. The zero-order valence-electron chi connectivity index (χ0n) is 17.0. The molecule has 158 valence electrons. The Morgan fingerprint density at radius 1 is 1.10 bits per heavy atom. The van der Waals surface area contributed by atoms with Crippen molar-refractivity contribution in [2.24, 2.45) is 5.92 Å². The summed E-state index contributed by atoms with van der Waals surface area (Å²) in [6.45, 7) is 3.89. The van der Waals surface area contributed by atoms with Gasteiger partial charge >= 0.3 is 5.97 Å². The lowest BCUT2D eigenvalue weighted by Gasteiger charge is -2.15. The second-order valence-electron chi connectivity index (χ2n) is 7.63. The Morgan fingerprint density at radius 3 is 2.27 bits per heavy atom. The molecule has 0 aliphatic heterocycles. The smallest absolute Gasteiger partial charge is 0.356 e. The van der Waals surface area contributed by atoms with E-state index in [4.69, 9.17) is 0 Å². The van der Waals surface area contributed by atoms with Gasteiger partial charge in [-0.05, 0) is 34.7 Å². The molecule has 0 unspecified atom stereocenters. The van der Waals surface area contributed by atoms with Gasteiger partial charge in [0.2, 0.25) is 0 Å². The minimum Gasteiger partial charge on any atom is -0.476 e. The van der Waals surface area contributed by atoms with Crippen molar-refractivity contribution in [1.82, 2.24) is 9.55 Å². The highest BCUT2D eigenvalue weighted by Crippen LogP contribution is 2.29. The van der Waals surface area contributed by atoms with E-state index < -0.39 is 15.8 Å². The maximum absolute atomic E-state index is 12.6. The van der Waals surface area contributed by atoms with Gasteiger partial charge in [0.15, 0.2) is 15.5 Å². The van der Waals surface area contributed by atoms with Gasteiger partial charge in [-0.25, -0.2) is 18.2 Å². The van der Waals surface area contributed by atoms with Crippen LogP contribution in [-0.4, -0.2) is 40.4 Å². The lowest BCUT2D eigenvalue weighted by molar-refractivity contribution is 0.0691. The van der Waals surface area contributed by atoms with Gasteiger partial charge in [-0.1, -0.05) is 44.2 Å². The predicted molar refractivity (Wildman–Crippen MR) is 114 cm³/mol. The summed E-state index contributed by atoms with van der Waals surface area (Å²) < 4.78 is 26.8. The van der Waals surface area contributed by atoms with Crippen molar-refractivity contribution < 1.29 is 23.4 Å². The van der Waals surface area contributed by atoms with Gasteiger partial charge in [0.1, 0.15) is 5.82 Å². The standard InChI is InChI=1S/C22H24N2O5S/c1-14(2)10-21-23-18(22(26)27)12-24(21)19-9-8-17(11-20(19)30(3,28)29)16-6-4-15(13-25)5-7-16/h4-9,11-12,14,25H,10,13H2,1-3H3,(H,26,27). The molecule has 0 aliphatic rings. The van der Waals surface area contributed by atoms with Crippen LogP contribution < -0.4 is 0 Å². The molecule has 0 atom stereocenters. The molecule has 0 saturated carbocycles. The van der Waals surface area contributed by atoms with Crippen LogP contribution in [0.3, 0.4) is 0 Å². The molecule has 2 aromatic carbocycles. The van der Waals surface area contributed by atoms with Crippen molar-refractivity contribution in [2.45, 2.75) is 31.8 Å². The first kappa shape index (κ1) is 21.7. The van der Waals surface area contributed by atoms with E-state index in [1.165, 1.54) is 6.20 Å². The van der Waals surface area contributed by atoms with Crippen molar-refractivity contribution in [1.29, 1.82) is 0 Å². The highest BCUT2D eigenvalue weighted by atomic mass is 32.2. The zero-order chi connectivity index (χ0) is 22.1. The number of aliphatic hydroxyl groups is 1. The van der Waals surface area contributed by atoms with Crippen LogP contribution >= 0.6 is 0 Å². The number of sulfone groups is 1. The first-order chi connectivity index (χ1) is 14.1. The number of aromatic nitrogens is 2. The Balaban J connectivity index is 2.19. The summed E-state index contributed by atoms with van der Waals surface area (Å²) in [5.74, 6) is -0.466. The summed E-state index contributed by atoms with van der Waals surface area (Å²) in [5.41, 5.74) is 2.50. The highest BCUT2D eigenvalue weighted by Gasteiger charge is 2.21. The van der Waals surface area contributed by atoms with E-state index in [0.717, 1.165) is 17.4 Å². The van der Waals surface area contributed by atoms with Gasteiger partial charge in [-0.2, -0.15) is 0 Å². The first-order valence-corrected chi connectivity index (χ1v) is 11.4. The van der Waals surface area contributed by atoms with Crippen molar-refractivity contribution >= 4 is 15.8 Å². The van der Waals surface area contributed by atoms with Crippen LogP contribution in [0.15, 0.2) is 53.6 Å². The molecule has 3 aromatic rings. The molecule has 8 heteroatoms. The normalized spacial score (nSPS) is 11.8. The summed E-state index contributed by atoms with van der Waals surface area (Å²) in [4.78, 5) is 15.7. The van der Waals surface area contributed by atoms with Crippen LogP contribution in [0.1, 0.15) is 35.7 Å². The summed E-state index contributed by atoms with van der Waals surface area (Å²) in [6.07, 6.45) is 2.99. The van der Waals surface area contributed by atoms with Crippen molar-refractivity contribution in [3.05, 3.63) is 65.7 Å². The average Bonchev–Trinajstić information content (AvgIpc) is 3.10. The van der Waals surface area contributed by atoms with Crippen LogP contribution in [-0.2, 0) is 22.9 Å². The lowest BCUT2D eigenvalue weighted by atomic mass is 10.0. The van der Waals surface area contributed by atoms with Crippen molar-refractivity contribution in [3.63, 3.8) is 0 Å². The number of hydrogen-bond donors (Lipinski definition) is 2. The number of carboxylic acids is 1. The van der Waals surface area contributed by atoms with Gasteiger partial charge < -0.3 is 14.8 Å². The Bertz CT molecular complexity index is 1180. The molecule has 2 N–H and O–H groups in total. The number of aliphatic hydroxyl groups excluding tert-OH is 1. The molecule has 0 saturated heterocycles. The predicted octanol–water partition coefficient (Wildman–Crippen LogP) is 3.33. The van der Waals surface area contributed by atoms with E-state index in [1.54, 1.807) is 34.9 Å². The zero-order valence-corrected chi connectivity index (χ0v) is 17.8. The number of nitrogens with zero attached hydrogens (tertiary/aromatic N) is 2. The largest absolute Gasteiger partial charge is 0.476 e. The average molecular weight is 429 g/mol. The molecule has 0 aliphatic carbocycles. The molecular weight excluding hydrogens is 404 g/mol. The fraction of sp³-hybridized carbons (Fsp3) is 0.273.